The van der Waals surface area contributed by atoms with Gasteiger partial charge in [-0.25, -0.2) is 0 Å². The van der Waals surface area contributed by atoms with Gasteiger partial charge in [-0.3, -0.25) is 0 Å². The lowest BCUT2D eigenvalue weighted by Crippen LogP contribution is -2.19. The van der Waals surface area contributed by atoms with E-state index >= 15 is 0 Å². The van der Waals surface area contributed by atoms with Crippen LogP contribution in [0.2, 0.25) is 5.02 Å². The molecule has 0 amide bonds. The maximum absolute atomic E-state index is 9.18. The molecule has 1 aromatic rings. The van der Waals surface area contributed by atoms with Crippen molar-refractivity contribution in [1.82, 2.24) is 0 Å². The van der Waals surface area contributed by atoms with Crippen molar-refractivity contribution in [2.24, 2.45) is 0 Å². The first-order valence-electron chi connectivity index (χ1n) is 5.20. The molecule has 0 saturated carbocycles. The van der Waals surface area contributed by atoms with Gasteiger partial charge in [0.25, 0.3) is 0 Å². The van der Waals surface area contributed by atoms with E-state index in [9.17, 15) is 5.11 Å². The molecule has 0 unspecified atom stereocenters. The standard InChI is InChI=1S/C12H17ClO2S/c1-4-15-11-6-5-9(7-10(11)13)16-12(2,3)8-14/h5-7,14H,4,8H2,1-3H3. The number of hydrogen-bond acceptors (Lipinski definition) is 3. The van der Waals surface area contributed by atoms with E-state index in [1.54, 1.807) is 11.8 Å². The normalized spacial score (nSPS) is 11.6. The molecule has 2 nitrogen and oxygen atoms in total. The summed E-state index contributed by atoms with van der Waals surface area (Å²) < 4.78 is 5.16. The van der Waals surface area contributed by atoms with Crippen LogP contribution in [0.5, 0.6) is 5.75 Å². The number of ether oxygens (including phenoxy) is 1. The summed E-state index contributed by atoms with van der Waals surface area (Å²) in [6, 6.07) is 5.69. The Kier molecular flexibility index (Phi) is 4.96. The van der Waals surface area contributed by atoms with Gasteiger partial charge in [-0.1, -0.05) is 11.6 Å². The molecule has 1 N–H and O–H groups in total. The molecule has 0 aliphatic heterocycles. The molecule has 0 aliphatic rings. The first-order chi connectivity index (χ1) is 7.48. The van der Waals surface area contributed by atoms with E-state index in [1.165, 1.54) is 0 Å². The minimum absolute atomic E-state index is 0.127. The lowest BCUT2D eigenvalue weighted by Gasteiger charge is -2.21. The SMILES string of the molecule is CCOc1ccc(SC(C)(C)CO)cc1Cl. The number of thioether (sulfide) groups is 1. The number of benzene rings is 1. The molecule has 0 aliphatic carbocycles. The highest BCUT2D eigenvalue weighted by Crippen LogP contribution is 2.36. The van der Waals surface area contributed by atoms with Crippen LogP contribution in [0.3, 0.4) is 0 Å². The summed E-state index contributed by atoms with van der Waals surface area (Å²) in [5.41, 5.74) is 0. The number of rotatable bonds is 5. The molecule has 0 radical (unpaired) electrons. The van der Waals surface area contributed by atoms with E-state index in [0.717, 1.165) is 4.90 Å². The van der Waals surface area contributed by atoms with Crippen LogP contribution in [0.1, 0.15) is 20.8 Å². The second-order valence-corrected chi connectivity index (χ2v) is 6.23. The highest BCUT2D eigenvalue weighted by Gasteiger charge is 2.18. The molecule has 1 aromatic carbocycles. The van der Waals surface area contributed by atoms with Crippen molar-refractivity contribution < 1.29 is 9.84 Å². The van der Waals surface area contributed by atoms with Gasteiger partial charge in [-0.2, -0.15) is 0 Å². The average Bonchev–Trinajstić information content (AvgIpc) is 2.22. The van der Waals surface area contributed by atoms with Gasteiger partial charge < -0.3 is 9.84 Å². The molecule has 0 atom stereocenters. The molecular weight excluding hydrogens is 244 g/mol. The first-order valence-corrected chi connectivity index (χ1v) is 6.40. The van der Waals surface area contributed by atoms with Crippen LogP contribution in [-0.4, -0.2) is 23.1 Å². The van der Waals surface area contributed by atoms with Gasteiger partial charge in [-0.05, 0) is 39.0 Å². The fraction of sp³-hybridized carbons (Fsp3) is 0.500. The summed E-state index contributed by atoms with van der Waals surface area (Å²) in [4.78, 5) is 1.03. The maximum Gasteiger partial charge on any atom is 0.137 e. The number of hydrogen-bond donors (Lipinski definition) is 1. The minimum atomic E-state index is -0.198. The molecule has 0 bridgehead atoms. The molecule has 0 fully saturated rings. The predicted molar refractivity (Wildman–Crippen MR) is 69.6 cm³/mol. The first kappa shape index (κ1) is 13.7. The summed E-state index contributed by atoms with van der Waals surface area (Å²) in [5.74, 6) is 0.704. The number of halogens is 1. The van der Waals surface area contributed by atoms with E-state index in [1.807, 2.05) is 39.0 Å². The summed E-state index contributed by atoms with van der Waals surface area (Å²) >= 11 is 7.68. The smallest absolute Gasteiger partial charge is 0.137 e. The van der Waals surface area contributed by atoms with Crippen molar-refractivity contribution >= 4 is 23.4 Å². The van der Waals surface area contributed by atoms with Crippen LogP contribution >= 0.6 is 23.4 Å². The van der Waals surface area contributed by atoms with Gasteiger partial charge in [0.1, 0.15) is 5.75 Å². The Morgan fingerprint density at radius 2 is 2.12 bits per heavy atom. The van der Waals surface area contributed by atoms with Crippen molar-refractivity contribution in [2.45, 2.75) is 30.4 Å². The minimum Gasteiger partial charge on any atom is -0.492 e. The van der Waals surface area contributed by atoms with E-state index in [4.69, 9.17) is 16.3 Å². The quantitative estimate of drug-likeness (QED) is 0.821. The third-order valence-corrected chi connectivity index (χ3v) is 3.44. The second kappa shape index (κ2) is 5.80. The summed E-state index contributed by atoms with van der Waals surface area (Å²) in [5, 5.41) is 9.80. The number of aliphatic hydroxyl groups excluding tert-OH is 1. The average molecular weight is 261 g/mol. The van der Waals surface area contributed by atoms with E-state index in [-0.39, 0.29) is 11.4 Å². The second-order valence-electron chi connectivity index (χ2n) is 4.05. The lowest BCUT2D eigenvalue weighted by molar-refractivity contribution is 0.265. The van der Waals surface area contributed by atoms with E-state index < -0.39 is 0 Å². The van der Waals surface area contributed by atoms with Crippen molar-refractivity contribution in [2.75, 3.05) is 13.2 Å². The zero-order valence-electron chi connectivity index (χ0n) is 9.79. The van der Waals surface area contributed by atoms with E-state index in [0.29, 0.717) is 17.4 Å². The Hall–Kier alpha value is -0.380. The third-order valence-electron chi connectivity index (χ3n) is 1.98. The molecular formula is C12H17ClO2S. The molecule has 0 saturated heterocycles. The molecule has 90 valence electrons. The Morgan fingerprint density at radius 3 is 2.62 bits per heavy atom. The fourth-order valence-corrected chi connectivity index (χ4v) is 2.48. The predicted octanol–water partition coefficient (Wildman–Crippen LogP) is 3.60. The van der Waals surface area contributed by atoms with Gasteiger partial charge in [0, 0.05) is 9.64 Å². The molecule has 0 aromatic heterocycles. The topological polar surface area (TPSA) is 29.5 Å². The maximum atomic E-state index is 9.18. The van der Waals surface area contributed by atoms with Crippen molar-refractivity contribution in [3.63, 3.8) is 0 Å². The van der Waals surface area contributed by atoms with Crippen LogP contribution in [0.4, 0.5) is 0 Å². The van der Waals surface area contributed by atoms with Crippen LogP contribution in [-0.2, 0) is 0 Å². The number of aliphatic hydroxyl groups is 1. The molecule has 4 heteroatoms. The zero-order chi connectivity index (χ0) is 12.2. The van der Waals surface area contributed by atoms with Crippen molar-refractivity contribution in [3.05, 3.63) is 23.2 Å². The Morgan fingerprint density at radius 1 is 1.44 bits per heavy atom. The molecule has 0 heterocycles. The Bertz CT molecular complexity index is 353. The van der Waals surface area contributed by atoms with Gasteiger partial charge in [-0.15, -0.1) is 11.8 Å². The Balaban J connectivity index is 2.81. The van der Waals surface area contributed by atoms with Gasteiger partial charge in [0.05, 0.1) is 18.2 Å². The van der Waals surface area contributed by atoms with Gasteiger partial charge in [0.2, 0.25) is 0 Å². The van der Waals surface area contributed by atoms with Crippen LogP contribution in [0, 0.1) is 0 Å². The fourth-order valence-electron chi connectivity index (χ4n) is 1.17. The van der Waals surface area contributed by atoms with Crippen LogP contribution in [0.25, 0.3) is 0 Å². The van der Waals surface area contributed by atoms with Crippen LogP contribution < -0.4 is 4.74 Å². The molecule has 1 rings (SSSR count). The summed E-state index contributed by atoms with van der Waals surface area (Å²) in [6.07, 6.45) is 0. The van der Waals surface area contributed by atoms with E-state index in [2.05, 4.69) is 0 Å². The van der Waals surface area contributed by atoms with Crippen molar-refractivity contribution in [3.8, 4) is 5.75 Å². The monoisotopic (exact) mass is 260 g/mol. The lowest BCUT2D eigenvalue weighted by atomic mass is 10.2. The Labute approximate surface area is 106 Å². The van der Waals surface area contributed by atoms with Gasteiger partial charge in [0.15, 0.2) is 0 Å². The van der Waals surface area contributed by atoms with Crippen LogP contribution in [0.15, 0.2) is 23.1 Å². The third kappa shape index (κ3) is 3.89. The zero-order valence-corrected chi connectivity index (χ0v) is 11.4. The summed E-state index contributed by atoms with van der Waals surface area (Å²) in [7, 11) is 0. The molecule has 16 heavy (non-hydrogen) atoms. The highest BCUT2D eigenvalue weighted by atomic mass is 35.5. The van der Waals surface area contributed by atoms with Gasteiger partial charge >= 0.3 is 0 Å². The highest BCUT2D eigenvalue weighted by molar-refractivity contribution is 8.00. The van der Waals surface area contributed by atoms with Crippen molar-refractivity contribution in [1.29, 1.82) is 0 Å². The largest absolute Gasteiger partial charge is 0.492 e. The summed E-state index contributed by atoms with van der Waals surface area (Å²) in [6.45, 7) is 6.63. The molecule has 0 spiro atoms.